The Kier molecular flexibility index (Phi) is 6.10. The molecule has 4 heteroatoms. The highest BCUT2D eigenvalue weighted by Gasteiger charge is 2.23. The van der Waals surface area contributed by atoms with Gasteiger partial charge >= 0.3 is 0 Å². The number of carbonyl (C=O) groups excluding carboxylic acids is 1. The molecule has 0 radical (unpaired) electrons. The summed E-state index contributed by atoms with van der Waals surface area (Å²) in [4.78, 5) is 13.9. The number of amides is 1. The molecule has 1 aliphatic rings. The average molecular weight is 307 g/mol. The van der Waals surface area contributed by atoms with Crippen LogP contribution >= 0.6 is 0 Å². The van der Waals surface area contributed by atoms with Gasteiger partial charge in [0.2, 0.25) is 5.91 Å². The molecule has 1 aliphatic heterocycles. The van der Waals surface area contributed by atoms with Gasteiger partial charge in [0.1, 0.15) is 11.6 Å². The van der Waals surface area contributed by atoms with E-state index in [4.69, 9.17) is 0 Å². The first kappa shape index (κ1) is 16.7. The summed E-state index contributed by atoms with van der Waals surface area (Å²) in [5.74, 6) is -0.480. The second-order valence-corrected chi connectivity index (χ2v) is 5.91. The van der Waals surface area contributed by atoms with E-state index in [1.165, 1.54) is 18.2 Å². The molecular formula is C18H23F2NO. The van der Waals surface area contributed by atoms with E-state index in [1.54, 1.807) is 6.08 Å². The fraction of sp³-hybridized carbons (Fsp3) is 0.500. The van der Waals surface area contributed by atoms with Gasteiger partial charge in [0.05, 0.1) is 0 Å². The normalized spacial score (nSPS) is 18.3. The van der Waals surface area contributed by atoms with E-state index < -0.39 is 11.6 Å². The van der Waals surface area contributed by atoms with E-state index >= 15 is 0 Å². The predicted octanol–water partition coefficient (Wildman–Crippen LogP) is 4.10. The standard InChI is InChI=1S/C18H23F2NO/c1-2-3-9-18(22)21-12-5-6-14(13-21)10-11-15-16(19)7-4-8-17(15)20/h2,4,7-8,14H,1,3,5-6,9-13H2/t14-/m0/s1. The third-order valence-corrected chi connectivity index (χ3v) is 4.30. The van der Waals surface area contributed by atoms with Crippen LogP contribution in [0.25, 0.3) is 0 Å². The van der Waals surface area contributed by atoms with Gasteiger partial charge in [-0.15, -0.1) is 6.58 Å². The summed E-state index contributed by atoms with van der Waals surface area (Å²) in [5.41, 5.74) is 0.164. The van der Waals surface area contributed by atoms with Crippen molar-refractivity contribution < 1.29 is 13.6 Å². The zero-order chi connectivity index (χ0) is 15.9. The highest BCUT2D eigenvalue weighted by atomic mass is 19.1. The van der Waals surface area contributed by atoms with Crippen LogP contribution < -0.4 is 0 Å². The Bertz CT molecular complexity index is 510. The molecule has 1 heterocycles. The van der Waals surface area contributed by atoms with Gasteiger partial charge in [-0.3, -0.25) is 4.79 Å². The van der Waals surface area contributed by atoms with E-state index in [-0.39, 0.29) is 11.5 Å². The lowest BCUT2D eigenvalue weighted by atomic mass is 9.91. The van der Waals surface area contributed by atoms with E-state index in [2.05, 4.69) is 6.58 Å². The van der Waals surface area contributed by atoms with Crippen molar-refractivity contribution in [2.75, 3.05) is 13.1 Å². The number of halogens is 2. The largest absolute Gasteiger partial charge is 0.342 e. The minimum absolute atomic E-state index is 0.154. The molecule has 1 aromatic carbocycles. The fourth-order valence-electron chi connectivity index (χ4n) is 3.03. The van der Waals surface area contributed by atoms with Gasteiger partial charge in [0, 0.05) is 25.1 Å². The molecule has 120 valence electrons. The Hall–Kier alpha value is -1.71. The number of carbonyl (C=O) groups is 1. The number of hydrogen-bond acceptors (Lipinski definition) is 1. The number of rotatable bonds is 6. The van der Waals surface area contributed by atoms with Crippen molar-refractivity contribution in [1.29, 1.82) is 0 Å². The number of nitrogens with zero attached hydrogens (tertiary/aromatic N) is 1. The first-order valence-electron chi connectivity index (χ1n) is 7.93. The lowest BCUT2D eigenvalue weighted by Gasteiger charge is -2.33. The lowest BCUT2D eigenvalue weighted by Crippen LogP contribution is -2.39. The molecule has 0 aromatic heterocycles. The predicted molar refractivity (Wildman–Crippen MR) is 83.4 cm³/mol. The van der Waals surface area contributed by atoms with Crippen molar-refractivity contribution in [3.63, 3.8) is 0 Å². The van der Waals surface area contributed by atoms with Gasteiger partial charge in [-0.1, -0.05) is 12.1 Å². The van der Waals surface area contributed by atoms with Crippen molar-refractivity contribution in [2.45, 2.75) is 38.5 Å². The molecule has 1 aromatic rings. The number of likely N-dealkylation sites (tertiary alicyclic amines) is 1. The van der Waals surface area contributed by atoms with Crippen LogP contribution in [-0.4, -0.2) is 23.9 Å². The van der Waals surface area contributed by atoms with Crippen molar-refractivity contribution in [3.05, 3.63) is 48.1 Å². The summed E-state index contributed by atoms with van der Waals surface area (Å²) in [7, 11) is 0. The van der Waals surface area contributed by atoms with Crippen molar-refractivity contribution >= 4 is 5.91 Å². The maximum Gasteiger partial charge on any atom is 0.222 e. The molecule has 0 N–H and O–H groups in total. The smallest absolute Gasteiger partial charge is 0.222 e. The Balaban J connectivity index is 1.88. The minimum Gasteiger partial charge on any atom is -0.342 e. The molecule has 1 amide bonds. The van der Waals surface area contributed by atoms with Crippen LogP contribution in [0.15, 0.2) is 30.9 Å². The van der Waals surface area contributed by atoms with Gasteiger partial charge in [-0.25, -0.2) is 8.78 Å². The molecule has 2 nitrogen and oxygen atoms in total. The summed E-state index contributed by atoms with van der Waals surface area (Å²) in [6.07, 6.45) is 6.02. The molecule has 2 rings (SSSR count). The fourth-order valence-corrected chi connectivity index (χ4v) is 3.03. The zero-order valence-corrected chi connectivity index (χ0v) is 12.9. The second-order valence-electron chi connectivity index (χ2n) is 5.91. The van der Waals surface area contributed by atoms with Gasteiger partial charge in [-0.05, 0) is 50.2 Å². The molecule has 0 bridgehead atoms. The minimum atomic E-state index is -0.477. The first-order valence-corrected chi connectivity index (χ1v) is 7.93. The topological polar surface area (TPSA) is 20.3 Å². The molecule has 0 spiro atoms. The first-order chi connectivity index (χ1) is 10.6. The summed E-state index contributed by atoms with van der Waals surface area (Å²) < 4.78 is 27.3. The van der Waals surface area contributed by atoms with E-state index in [0.29, 0.717) is 38.1 Å². The Morgan fingerprint density at radius 1 is 1.36 bits per heavy atom. The quantitative estimate of drug-likeness (QED) is 0.725. The Labute approximate surface area is 130 Å². The van der Waals surface area contributed by atoms with Gasteiger partial charge < -0.3 is 4.90 Å². The molecule has 22 heavy (non-hydrogen) atoms. The van der Waals surface area contributed by atoms with Crippen LogP contribution in [0.2, 0.25) is 0 Å². The number of allylic oxidation sites excluding steroid dienone is 1. The molecule has 1 atom stereocenters. The van der Waals surface area contributed by atoms with Crippen LogP contribution in [0, 0.1) is 17.6 Å². The summed E-state index contributed by atoms with van der Waals surface area (Å²) in [6.45, 7) is 5.12. The van der Waals surface area contributed by atoms with Gasteiger partial charge in [0.15, 0.2) is 0 Å². The maximum atomic E-state index is 13.6. The maximum absolute atomic E-state index is 13.6. The lowest BCUT2D eigenvalue weighted by molar-refractivity contribution is -0.132. The summed E-state index contributed by atoms with van der Waals surface area (Å²) in [6, 6.07) is 3.98. The zero-order valence-electron chi connectivity index (χ0n) is 12.9. The number of benzene rings is 1. The SMILES string of the molecule is C=CCCC(=O)N1CCC[C@@H](CCc2c(F)cccc2F)C1. The molecule has 1 saturated heterocycles. The monoisotopic (exact) mass is 307 g/mol. The van der Waals surface area contributed by atoms with Crippen molar-refractivity contribution in [3.8, 4) is 0 Å². The molecular weight excluding hydrogens is 284 g/mol. The number of hydrogen-bond donors (Lipinski definition) is 0. The van der Waals surface area contributed by atoms with Crippen LogP contribution in [0.5, 0.6) is 0 Å². The van der Waals surface area contributed by atoms with Gasteiger partial charge in [0.25, 0.3) is 0 Å². The van der Waals surface area contributed by atoms with E-state index in [0.717, 1.165) is 19.4 Å². The Morgan fingerprint density at radius 2 is 2.09 bits per heavy atom. The van der Waals surface area contributed by atoms with E-state index in [9.17, 15) is 13.6 Å². The van der Waals surface area contributed by atoms with Crippen molar-refractivity contribution in [1.82, 2.24) is 4.90 Å². The van der Waals surface area contributed by atoms with Crippen molar-refractivity contribution in [2.24, 2.45) is 5.92 Å². The highest BCUT2D eigenvalue weighted by molar-refractivity contribution is 5.76. The van der Waals surface area contributed by atoms with Crippen LogP contribution in [-0.2, 0) is 11.2 Å². The third kappa shape index (κ3) is 4.39. The molecule has 0 unspecified atom stereocenters. The number of piperidine rings is 1. The average Bonchev–Trinajstić information content (AvgIpc) is 2.52. The molecule has 0 aliphatic carbocycles. The second kappa shape index (κ2) is 8.06. The van der Waals surface area contributed by atoms with Crippen LogP contribution in [0.1, 0.15) is 37.7 Å². The van der Waals surface area contributed by atoms with Gasteiger partial charge in [-0.2, -0.15) is 0 Å². The molecule has 1 fully saturated rings. The van der Waals surface area contributed by atoms with E-state index in [1.807, 2.05) is 4.90 Å². The summed E-state index contributed by atoms with van der Waals surface area (Å²) >= 11 is 0. The Morgan fingerprint density at radius 3 is 2.77 bits per heavy atom. The molecule has 0 saturated carbocycles. The highest BCUT2D eigenvalue weighted by Crippen LogP contribution is 2.24. The summed E-state index contributed by atoms with van der Waals surface area (Å²) in [5, 5.41) is 0. The van der Waals surface area contributed by atoms with Crippen LogP contribution in [0.4, 0.5) is 8.78 Å². The van der Waals surface area contributed by atoms with Crippen LogP contribution in [0.3, 0.4) is 0 Å². The third-order valence-electron chi connectivity index (χ3n) is 4.30.